The van der Waals surface area contributed by atoms with Crippen molar-refractivity contribution >= 4 is 11.9 Å². The molecule has 1 fully saturated rings. The van der Waals surface area contributed by atoms with E-state index in [4.69, 9.17) is 4.42 Å². The molecule has 2 heterocycles. The topological polar surface area (TPSA) is 80.0 Å². The summed E-state index contributed by atoms with van der Waals surface area (Å²) in [6.45, 7) is 3.40. The van der Waals surface area contributed by atoms with E-state index in [-0.39, 0.29) is 17.8 Å². The Morgan fingerprint density at radius 2 is 2.47 bits per heavy atom. The average molecular weight is 210 g/mol. The van der Waals surface area contributed by atoms with E-state index in [1.165, 1.54) is 0 Å². The number of hydrogen-bond acceptors (Lipinski definition) is 5. The van der Waals surface area contributed by atoms with Gasteiger partial charge in [0.05, 0.1) is 5.92 Å². The van der Waals surface area contributed by atoms with E-state index in [1.807, 2.05) is 0 Å². The third-order valence-electron chi connectivity index (χ3n) is 2.42. The second-order valence-electron chi connectivity index (χ2n) is 3.66. The zero-order valence-corrected chi connectivity index (χ0v) is 8.62. The van der Waals surface area contributed by atoms with Crippen LogP contribution < -0.4 is 10.6 Å². The monoisotopic (exact) mass is 210 g/mol. The summed E-state index contributed by atoms with van der Waals surface area (Å²) in [5.41, 5.74) is 0. The summed E-state index contributed by atoms with van der Waals surface area (Å²) in [4.78, 5) is 11.7. The van der Waals surface area contributed by atoms with E-state index in [0.29, 0.717) is 5.89 Å². The molecule has 1 aromatic rings. The van der Waals surface area contributed by atoms with Crippen LogP contribution in [0.5, 0.6) is 0 Å². The van der Waals surface area contributed by atoms with Crippen molar-refractivity contribution in [2.24, 2.45) is 5.92 Å². The van der Waals surface area contributed by atoms with Crippen LogP contribution in [-0.4, -0.2) is 29.2 Å². The lowest BCUT2D eigenvalue weighted by atomic mass is 9.99. The SMILES string of the molecule is Cc1nnc(NC(=O)[C@H]2CCCNC2)o1. The van der Waals surface area contributed by atoms with Gasteiger partial charge in [0.2, 0.25) is 11.8 Å². The number of aryl methyl sites for hydroxylation is 1. The third kappa shape index (κ3) is 2.53. The number of amides is 1. The Morgan fingerprint density at radius 1 is 1.60 bits per heavy atom. The molecule has 0 saturated carbocycles. The molecule has 0 aliphatic carbocycles. The van der Waals surface area contributed by atoms with Crippen LogP contribution in [0.2, 0.25) is 0 Å². The molecule has 1 aromatic heterocycles. The van der Waals surface area contributed by atoms with Crippen LogP contribution in [0, 0.1) is 12.8 Å². The van der Waals surface area contributed by atoms with Crippen molar-refractivity contribution in [2.45, 2.75) is 19.8 Å². The highest BCUT2D eigenvalue weighted by molar-refractivity contribution is 5.90. The first-order valence-corrected chi connectivity index (χ1v) is 5.07. The minimum Gasteiger partial charge on any atom is -0.408 e. The van der Waals surface area contributed by atoms with Gasteiger partial charge >= 0.3 is 6.01 Å². The number of nitrogens with zero attached hydrogens (tertiary/aromatic N) is 2. The van der Waals surface area contributed by atoms with Crippen LogP contribution in [0.25, 0.3) is 0 Å². The number of piperidine rings is 1. The van der Waals surface area contributed by atoms with Gasteiger partial charge in [0.15, 0.2) is 0 Å². The fourth-order valence-corrected chi connectivity index (χ4v) is 1.63. The number of carbonyl (C=O) groups is 1. The first-order chi connectivity index (χ1) is 7.25. The van der Waals surface area contributed by atoms with Gasteiger partial charge in [-0.15, -0.1) is 5.10 Å². The summed E-state index contributed by atoms with van der Waals surface area (Å²) in [7, 11) is 0. The molecule has 6 nitrogen and oxygen atoms in total. The Bertz CT molecular complexity index is 344. The normalized spacial score (nSPS) is 21.3. The average Bonchev–Trinajstić information content (AvgIpc) is 2.65. The maximum absolute atomic E-state index is 11.7. The van der Waals surface area contributed by atoms with Gasteiger partial charge in [-0.1, -0.05) is 5.10 Å². The zero-order valence-electron chi connectivity index (χ0n) is 8.62. The Balaban J connectivity index is 1.91. The van der Waals surface area contributed by atoms with Gasteiger partial charge in [-0.2, -0.15) is 0 Å². The number of hydrogen-bond donors (Lipinski definition) is 2. The zero-order chi connectivity index (χ0) is 10.7. The van der Waals surface area contributed by atoms with Gasteiger partial charge in [-0.05, 0) is 19.4 Å². The minimum atomic E-state index is -0.0501. The summed E-state index contributed by atoms with van der Waals surface area (Å²) in [5, 5.41) is 13.1. The van der Waals surface area contributed by atoms with Crippen LogP contribution in [0.3, 0.4) is 0 Å². The van der Waals surface area contributed by atoms with Crippen LogP contribution in [0.15, 0.2) is 4.42 Å². The van der Waals surface area contributed by atoms with Crippen molar-refractivity contribution in [1.82, 2.24) is 15.5 Å². The number of rotatable bonds is 2. The van der Waals surface area contributed by atoms with Gasteiger partial charge in [-0.3, -0.25) is 10.1 Å². The lowest BCUT2D eigenvalue weighted by Gasteiger charge is -2.20. The summed E-state index contributed by atoms with van der Waals surface area (Å²) in [6.07, 6.45) is 1.94. The summed E-state index contributed by atoms with van der Waals surface area (Å²) < 4.78 is 5.07. The Morgan fingerprint density at radius 3 is 3.07 bits per heavy atom. The van der Waals surface area contributed by atoms with Crippen LogP contribution in [0.4, 0.5) is 6.01 Å². The van der Waals surface area contributed by atoms with Crippen molar-refractivity contribution in [1.29, 1.82) is 0 Å². The Hall–Kier alpha value is -1.43. The molecule has 2 N–H and O–H groups in total. The molecule has 2 rings (SSSR count). The molecule has 1 atom stereocenters. The quantitative estimate of drug-likeness (QED) is 0.734. The number of carbonyl (C=O) groups excluding carboxylic acids is 1. The highest BCUT2D eigenvalue weighted by atomic mass is 16.4. The Kier molecular flexibility index (Phi) is 2.96. The second-order valence-corrected chi connectivity index (χ2v) is 3.66. The molecule has 15 heavy (non-hydrogen) atoms. The fraction of sp³-hybridized carbons (Fsp3) is 0.667. The van der Waals surface area contributed by atoms with Crippen molar-refractivity contribution in [3.05, 3.63) is 5.89 Å². The predicted molar refractivity (Wildman–Crippen MR) is 53.3 cm³/mol. The molecule has 6 heteroatoms. The molecule has 1 aliphatic heterocycles. The van der Waals surface area contributed by atoms with Crippen LogP contribution in [0.1, 0.15) is 18.7 Å². The van der Waals surface area contributed by atoms with E-state index < -0.39 is 0 Å². The first kappa shape index (κ1) is 10.1. The van der Waals surface area contributed by atoms with E-state index in [0.717, 1.165) is 25.9 Å². The molecule has 1 aliphatic rings. The van der Waals surface area contributed by atoms with Crippen molar-refractivity contribution in [3.8, 4) is 0 Å². The summed E-state index contributed by atoms with van der Waals surface area (Å²) in [6, 6.07) is 0.183. The number of anilines is 1. The molecule has 0 unspecified atom stereocenters. The maximum atomic E-state index is 11.7. The van der Waals surface area contributed by atoms with Gasteiger partial charge in [0.25, 0.3) is 0 Å². The standard InChI is InChI=1S/C9H14N4O2/c1-6-12-13-9(15-6)11-8(14)7-3-2-4-10-5-7/h7,10H,2-5H2,1H3,(H,11,13,14)/t7-/m0/s1. The Labute approximate surface area is 87.4 Å². The van der Waals surface area contributed by atoms with E-state index in [9.17, 15) is 4.79 Å². The lowest BCUT2D eigenvalue weighted by Crippen LogP contribution is -2.37. The smallest absolute Gasteiger partial charge is 0.322 e. The number of nitrogens with one attached hydrogen (secondary N) is 2. The molecular weight excluding hydrogens is 196 g/mol. The largest absolute Gasteiger partial charge is 0.408 e. The fourth-order valence-electron chi connectivity index (χ4n) is 1.63. The molecule has 0 spiro atoms. The molecular formula is C9H14N4O2. The van der Waals surface area contributed by atoms with E-state index in [1.54, 1.807) is 6.92 Å². The van der Waals surface area contributed by atoms with Crippen molar-refractivity contribution in [2.75, 3.05) is 18.4 Å². The van der Waals surface area contributed by atoms with Crippen LogP contribution in [-0.2, 0) is 4.79 Å². The highest BCUT2D eigenvalue weighted by Crippen LogP contribution is 2.13. The van der Waals surface area contributed by atoms with Gasteiger partial charge in [-0.25, -0.2) is 0 Å². The summed E-state index contributed by atoms with van der Waals surface area (Å²) in [5.74, 6) is 0.406. The highest BCUT2D eigenvalue weighted by Gasteiger charge is 2.22. The van der Waals surface area contributed by atoms with Crippen molar-refractivity contribution in [3.63, 3.8) is 0 Å². The van der Waals surface area contributed by atoms with Crippen molar-refractivity contribution < 1.29 is 9.21 Å². The number of aromatic nitrogens is 2. The van der Waals surface area contributed by atoms with E-state index >= 15 is 0 Å². The molecule has 82 valence electrons. The summed E-state index contributed by atoms with van der Waals surface area (Å²) >= 11 is 0. The molecule has 0 aromatic carbocycles. The molecule has 0 bridgehead atoms. The van der Waals surface area contributed by atoms with E-state index in [2.05, 4.69) is 20.8 Å². The molecule has 1 amide bonds. The van der Waals surface area contributed by atoms with Gasteiger partial charge in [0.1, 0.15) is 0 Å². The molecule has 0 radical (unpaired) electrons. The predicted octanol–water partition coefficient (Wildman–Crippen LogP) is 0.316. The minimum absolute atomic E-state index is 0.00551. The second kappa shape index (κ2) is 4.39. The van der Waals surface area contributed by atoms with Gasteiger partial charge < -0.3 is 9.73 Å². The van der Waals surface area contributed by atoms with Crippen LogP contribution >= 0.6 is 0 Å². The van der Waals surface area contributed by atoms with Gasteiger partial charge in [0, 0.05) is 13.5 Å². The maximum Gasteiger partial charge on any atom is 0.322 e. The first-order valence-electron chi connectivity index (χ1n) is 5.07. The third-order valence-corrected chi connectivity index (χ3v) is 2.42. The molecule has 1 saturated heterocycles. The lowest BCUT2D eigenvalue weighted by molar-refractivity contribution is -0.120.